The quantitative estimate of drug-likeness (QED) is 0.698. The zero-order valence-corrected chi connectivity index (χ0v) is 10.4. The van der Waals surface area contributed by atoms with Gasteiger partial charge in [0.25, 0.3) is 0 Å². The first kappa shape index (κ1) is 12.2. The molecule has 0 bridgehead atoms. The smallest absolute Gasteiger partial charge is 0.235 e. The van der Waals surface area contributed by atoms with Gasteiger partial charge in [0.05, 0.1) is 5.25 Å². The standard InChI is InChI=1S/C10H18ClNOS/c1-8(2)12(6-5-11)10(13)9-4-3-7-14-9/h8-9H,3-7H2,1-2H3. The third-order valence-electron chi connectivity index (χ3n) is 2.44. The minimum atomic E-state index is 0.195. The van der Waals surface area contributed by atoms with Crippen molar-refractivity contribution < 1.29 is 4.79 Å². The molecule has 0 aromatic rings. The molecular weight excluding hydrogens is 218 g/mol. The van der Waals surface area contributed by atoms with E-state index in [-0.39, 0.29) is 17.2 Å². The van der Waals surface area contributed by atoms with E-state index in [4.69, 9.17) is 11.6 Å². The summed E-state index contributed by atoms with van der Waals surface area (Å²) in [5.41, 5.74) is 0. The number of hydrogen-bond acceptors (Lipinski definition) is 2. The van der Waals surface area contributed by atoms with Crippen LogP contribution >= 0.6 is 23.4 Å². The van der Waals surface area contributed by atoms with Gasteiger partial charge in [0.2, 0.25) is 5.91 Å². The zero-order valence-electron chi connectivity index (χ0n) is 8.83. The number of alkyl halides is 1. The van der Waals surface area contributed by atoms with E-state index in [1.165, 1.54) is 6.42 Å². The molecule has 0 aliphatic carbocycles. The molecule has 1 aliphatic rings. The maximum atomic E-state index is 12.0. The average molecular weight is 236 g/mol. The van der Waals surface area contributed by atoms with E-state index in [0.29, 0.717) is 12.4 Å². The van der Waals surface area contributed by atoms with E-state index in [0.717, 1.165) is 12.2 Å². The van der Waals surface area contributed by atoms with Gasteiger partial charge in [0.1, 0.15) is 0 Å². The van der Waals surface area contributed by atoms with Gasteiger partial charge in [0, 0.05) is 18.5 Å². The number of halogens is 1. The number of amides is 1. The topological polar surface area (TPSA) is 20.3 Å². The van der Waals surface area contributed by atoms with Gasteiger partial charge < -0.3 is 4.90 Å². The molecule has 0 aromatic carbocycles. The Balaban J connectivity index is 2.53. The highest BCUT2D eigenvalue weighted by atomic mass is 35.5. The fourth-order valence-corrected chi connectivity index (χ4v) is 3.08. The predicted molar refractivity (Wildman–Crippen MR) is 63.0 cm³/mol. The Morgan fingerprint density at radius 3 is 2.79 bits per heavy atom. The Kier molecular flexibility index (Phi) is 5.10. The lowest BCUT2D eigenvalue weighted by atomic mass is 10.2. The Bertz CT molecular complexity index is 193. The highest BCUT2D eigenvalue weighted by Crippen LogP contribution is 2.28. The normalized spacial score (nSPS) is 21.6. The maximum absolute atomic E-state index is 12.0. The molecule has 1 amide bonds. The second kappa shape index (κ2) is 5.86. The molecule has 1 atom stereocenters. The molecule has 1 aliphatic heterocycles. The van der Waals surface area contributed by atoms with Crippen molar-refractivity contribution in [2.75, 3.05) is 18.2 Å². The minimum Gasteiger partial charge on any atom is -0.338 e. The Hall–Kier alpha value is 0.110. The van der Waals surface area contributed by atoms with Crippen molar-refractivity contribution in [2.45, 2.75) is 38.0 Å². The number of nitrogens with zero attached hydrogens (tertiary/aromatic N) is 1. The molecule has 0 aromatic heterocycles. The molecule has 2 nitrogen and oxygen atoms in total. The summed E-state index contributed by atoms with van der Waals surface area (Å²) < 4.78 is 0. The van der Waals surface area contributed by atoms with Gasteiger partial charge in [-0.2, -0.15) is 0 Å². The molecule has 0 radical (unpaired) electrons. The summed E-state index contributed by atoms with van der Waals surface area (Å²) in [5, 5.41) is 0.195. The van der Waals surface area contributed by atoms with E-state index in [2.05, 4.69) is 0 Å². The van der Waals surface area contributed by atoms with Crippen LogP contribution in [-0.4, -0.2) is 40.3 Å². The summed E-state index contributed by atoms with van der Waals surface area (Å²) in [5.74, 6) is 1.94. The van der Waals surface area contributed by atoms with Crippen molar-refractivity contribution in [1.82, 2.24) is 4.90 Å². The molecule has 1 unspecified atom stereocenters. The third-order valence-corrected chi connectivity index (χ3v) is 3.97. The SMILES string of the molecule is CC(C)N(CCCl)C(=O)C1CCCS1. The Morgan fingerprint density at radius 1 is 1.64 bits per heavy atom. The molecule has 0 spiro atoms. The molecule has 1 heterocycles. The Labute approximate surface area is 95.4 Å². The minimum absolute atomic E-state index is 0.195. The van der Waals surface area contributed by atoms with Gasteiger partial charge in [-0.05, 0) is 32.4 Å². The van der Waals surface area contributed by atoms with Crippen molar-refractivity contribution in [3.63, 3.8) is 0 Å². The van der Waals surface area contributed by atoms with Crippen LogP contribution < -0.4 is 0 Å². The molecular formula is C10H18ClNOS. The molecule has 1 rings (SSSR count). The summed E-state index contributed by atoms with van der Waals surface area (Å²) in [6, 6.07) is 0.266. The van der Waals surface area contributed by atoms with Crippen molar-refractivity contribution in [3.05, 3.63) is 0 Å². The monoisotopic (exact) mass is 235 g/mol. The molecule has 1 saturated heterocycles. The number of carbonyl (C=O) groups is 1. The van der Waals surface area contributed by atoms with Gasteiger partial charge in [-0.3, -0.25) is 4.79 Å². The lowest BCUT2D eigenvalue weighted by Gasteiger charge is -2.28. The largest absolute Gasteiger partial charge is 0.338 e. The highest BCUT2D eigenvalue weighted by Gasteiger charge is 2.28. The molecule has 0 saturated carbocycles. The van der Waals surface area contributed by atoms with Crippen LogP contribution in [0.2, 0.25) is 0 Å². The lowest BCUT2D eigenvalue weighted by Crippen LogP contribution is -2.42. The van der Waals surface area contributed by atoms with Crippen LogP contribution in [0.5, 0.6) is 0 Å². The van der Waals surface area contributed by atoms with Gasteiger partial charge in [-0.15, -0.1) is 23.4 Å². The van der Waals surface area contributed by atoms with Gasteiger partial charge in [0.15, 0.2) is 0 Å². The van der Waals surface area contributed by atoms with Crippen molar-refractivity contribution >= 4 is 29.3 Å². The summed E-state index contributed by atoms with van der Waals surface area (Å²) in [4.78, 5) is 13.9. The summed E-state index contributed by atoms with van der Waals surface area (Å²) in [6.07, 6.45) is 2.21. The second-order valence-corrected chi connectivity index (χ2v) is 5.50. The van der Waals surface area contributed by atoms with Crippen LogP contribution in [0.25, 0.3) is 0 Å². The Morgan fingerprint density at radius 2 is 2.36 bits per heavy atom. The van der Waals surface area contributed by atoms with Crippen LogP contribution in [0, 0.1) is 0 Å². The van der Waals surface area contributed by atoms with Crippen molar-refractivity contribution in [3.8, 4) is 0 Å². The number of carbonyl (C=O) groups excluding carboxylic acids is 1. The van der Waals surface area contributed by atoms with E-state index in [9.17, 15) is 4.79 Å². The fourth-order valence-electron chi connectivity index (χ4n) is 1.67. The predicted octanol–water partition coefficient (Wildman–Crippen LogP) is 2.36. The van der Waals surface area contributed by atoms with Crippen LogP contribution in [0.15, 0.2) is 0 Å². The van der Waals surface area contributed by atoms with Crippen LogP contribution in [0.4, 0.5) is 0 Å². The number of hydrogen-bond donors (Lipinski definition) is 0. The third kappa shape index (κ3) is 3.06. The van der Waals surface area contributed by atoms with Crippen LogP contribution in [-0.2, 0) is 4.79 Å². The molecule has 4 heteroatoms. The first-order chi connectivity index (χ1) is 6.66. The van der Waals surface area contributed by atoms with Crippen molar-refractivity contribution in [2.24, 2.45) is 0 Å². The lowest BCUT2D eigenvalue weighted by molar-refractivity contribution is -0.132. The molecule has 1 fully saturated rings. The first-order valence-corrected chi connectivity index (χ1v) is 6.73. The van der Waals surface area contributed by atoms with E-state index in [1.807, 2.05) is 18.7 Å². The van der Waals surface area contributed by atoms with Gasteiger partial charge in [-0.1, -0.05) is 0 Å². The summed E-state index contributed by atoms with van der Waals surface area (Å²) >= 11 is 7.48. The first-order valence-electron chi connectivity index (χ1n) is 5.15. The van der Waals surface area contributed by atoms with Crippen LogP contribution in [0.3, 0.4) is 0 Å². The molecule has 0 N–H and O–H groups in total. The molecule has 82 valence electrons. The van der Waals surface area contributed by atoms with Gasteiger partial charge >= 0.3 is 0 Å². The van der Waals surface area contributed by atoms with E-state index >= 15 is 0 Å². The molecule has 14 heavy (non-hydrogen) atoms. The summed E-state index contributed by atoms with van der Waals surface area (Å²) in [7, 11) is 0. The maximum Gasteiger partial charge on any atom is 0.235 e. The van der Waals surface area contributed by atoms with E-state index in [1.54, 1.807) is 11.8 Å². The fraction of sp³-hybridized carbons (Fsp3) is 0.900. The van der Waals surface area contributed by atoms with Crippen molar-refractivity contribution in [1.29, 1.82) is 0 Å². The highest BCUT2D eigenvalue weighted by molar-refractivity contribution is 8.00. The number of thioether (sulfide) groups is 1. The van der Waals surface area contributed by atoms with E-state index < -0.39 is 0 Å². The zero-order chi connectivity index (χ0) is 10.6. The summed E-state index contributed by atoms with van der Waals surface area (Å²) in [6.45, 7) is 4.77. The number of rotatable bonds is 4. The average Bonchev–Trinajstić information content (AvgIpc) is 2.65. The van der Waals surface area contributed by atoms with Crippen LogP contribution in [0.1, 0.15) is 26.7 Å². The van der Waals surface area contributed by atoms with Gasteiger partial charge in [-0.25, -0.2) is 0 Å². The second-order valence-electron chi connectivity index (χ2n) is 3.82.